The fourth-order valence-corrected chi connectivity index (χ4v) is 0.867. The molecule has 0 aromatic carbocycles. The van der Waals surface area contributed by atoms with Crippen molar-refractivity contribution in [1.29, 1.82) is 0 Å². The van der Waals surface area contributed by atoms with Crippen molar-refractivity contribution in [2.45, 2.75) is 6.92 Å². The maximum atomic E-state index is 8.48. The Morgan fingerprint density at radius 2 is 2.33 bits per heavy atom. The number of aliphatic hydroxyl groups excluding tert-OH is 1. The van der Waals surface area contributed by atoms with Crippen LogP contribution in [0.4, 0.5) is 0 Å². The van der Waals surface area contributed by atoms with Gasteiger partial charge in [-0.2, -0.15) is 0 Å². The lowest BCUT2D eigenvalue weighted by Crippen LogP contribution is -1.98. The Morgan fingerprint density at radius 1 is 1.67 bits per heavy atom. The lowest BCUT2D eigenvalue weighted by Gasteiger charge is -2.05. The van der Waals surface area contributed by atoms with Crippen molar-refractivity contribution in [2.75, 3.05) is 13.2 Å². The number of hydrogen-bond donors (Lipinski definition) is 1. The van der Waals surface area contributed by atoms with E-state index in [4.69, 9.17) is 21.4 Å². The molecule has 68 valence electrons. The molecule has 0 aliphatic rings. The molecule has 0 atom stereocenters. The number of aliphatic hydroxyl groups is 1. The summed E-state index contributed by atoms with van der Waals surface area (Å²) in [6, 6.07) is 0. The summed E-state index contributed by atoms with van der Waals surface area (Å²) in [4.78, 5) is 0. The summed E-state index contributed by atoms with van der Waals surface area (Å²) in [5.41, 5.74) is 0. The second-order valence-electron chi connectivity index (χ2n) is 1.99. The summed E-state index contributed by atoms with van der Waals surface area (Å²) in [5, 5.41) is 8.97. The van der Waals surface area contributed by atoms with Gasteiger partial charge in [0.2, 0.25) is 0 Å². The summed E-state index contributed by atoms with van der Waals surface area (Å²) in [5.74, 6) is 0.490. The van der Waals surface area contributed by atoms with Crippen LogP contribution in [0, 0.1) is 0 Å². The van der Waals surface area contributed by atoms with Crippen molar-refractivity contribution in [3.63, 3.8) is 0 Å². The highest BCUT2D eigenvalue weighted by atomic mass is 35.5. The first-order valence-corrected chi connectivity index (χ1v) is 4.02. The monoisotopic (exact) mass is 188 g/mol. The molecule has 12 heavy (non-hydrogen) atoms. The molecule has 0 radical (unpaired) electrons. The third-order valence-electron chi connectivity index (χ3n) is 1.08. The van der Waals surface area contributed by atoms with Gasteiger partial charge in [-0.1, -0.05) is 24.3 Å². The van der Waals surface area contributed by atoms with Crippen LogP contribution in [0.25, 0.3) is 0 Å². The van der Waals surface area contributed by atoms with Crippen LogP contribution in [-0.2, 0) is 4.74 Å². The molecule has 0 aromatic rings. The van der Waals surface area contributed by atoms with Gasteiger partial charge < -0.3 is 9.84 Å². The van der Waals surface area contributed by atoms with Crippen LogP contribution >= 0.6 is 11.6 Å². The van der Waals surface area contributed by atoms with E-state index in [1.807, 2.05) is 6.92 Å². The molecule has 1 N–H and O–H groups in total. The quantitative estimate of drug-likeness (QED) is 0.530. The van der Waals surface area contributed by atoms with E-state index in [0.717, 1.165) is 0 Å². The molecule has 0 unspecified atom stereocenters. The molecular formula is C9H13ClO2. The fraction of sp³-hybridized carbons (Fsp3) is 0.333. The smallest absolute Gasteiger partial charge is 0.137 e. The average Bonchev–Trinajstić information content (AvgIpc) is 2.06. The molecule has 0 saturated carbocycles. The molecule has 0 aromatic heterocycles. The Kier molecular flexibility index (Phi) is 6.53. The molecule has 0 aliphatic carbocycles. The topological polar surface area (TPSA) is 29.5 Å². The second-order valence-corrected chi connectivity index (χ2v) is 2.40. The third kappa shape index (κ3) is 4.21. The molecular weight excluding hydrogens is 176 g/mol. The van der Waals surface area contributed by atoms with E-state index in [1.165, 1.54) is 6.08 Å². The first kappa shape index (κ1) is 11.3. The minimum absolute atomic E-state index is 0.0304. The maximum absolute atomic E-state index is 8.48. The maximum Gasteiger partial charge on any atom is 0.137 e. The molecule has 0 saturated heterocycles. The largest absolute Gasteiger partial charge is 0.490 e. The normalized spacial score (nSPS) is 12.9. The summed E-state index contributed by atoms with van der Waals surface area (Å²) in [6.07, 6.45) is 5.02. The molecule has 0 spiro atoms. The first-order chi connectivity index (χ1) is 5.76. The van der Waals surface area contributed by atoms with E-state index in [-0.39, 0.29) is 13.2 Å². The van der Waals surface area contributed by atoms with Crippen molar-refractivity contribution in [2.24, 2.45) is 0 Å². The van der Waals surface area contributed by atoms with Gasteiger partial charge in [-0.15, -0.1) is 0 Å². The molecule has 2 nitrogen and oxygen atoms in total. The van der Waals surface area contributed by atoms with Gasteiger partial charge >= 0.3 is 0 Å². The number of allylic oxidation sites excluding steroid dienone is 4. The molecule has 0 amide bonds. The average molecular weight is 189 g/mol. The number of hydrogen-bond acceptors (Lipinski definition) is 2. The van der Waals surface area contributed by atoms with Gasteiger partial charge in [-0.05, 0) is 19.1 Å². The molecule has 0 bridgehead atoms. The highest BCUT2D eigenvalue weighted by Gasteiger charge is 1.97. The summed E-state index contributed by atoms with van der Waals surface area (Å²) < 4.78 is 5.08. The van der Waals surface area contributed by atoms with E-state index in [0.29, 0.717) is 10.8 Å². The van der Waals surface area contributed by atoms with E-state index in [9.17, 15) is 0 Å². The fourth-order valence-electron chi connectivity index (χ4n) is 0.609. The van der Waals surface area contributed by atoms with Gasteiger partial charge in [0, 0.05) is 0 Å². The Morgan fingerprint density at radius 3 is 2.75 bits per heavy atom. The molecule has 0 heterocycles. The highest BCUT2D eigenvalue weighted by Crippen LogP contribution is 2.13. The van der Waals surface area contributed by atoms with E-state index >= 15 is 0 Å². The van der Waals surface area contributed by atoms with Crippen LogP contribution in [-0.4, -0.2) is 18.3 Å². The van der Waals surface area contributed by atoms with Crippen LogP contribution in [0.2, 0.25) is 0 Å². The standard InChI is InChI=1S/C9H13ClO2/c1-3-5-8(10)9(4-2)12-7-6-11/h3-5,11H,2,6-7H2,1H3/b5-3+,9-8-. The number of rotatable bonds is 5. The zero-order valence-corrected chi connectivity index (χ0v) is 7.84. The molecule has 3 heteroatoms. The minimum Gasteiger partial charge on any atom is -0.490 e. The highest BCUT2D eigenvalue weighted by molar-refractivity contribution is 6.31. The van der Waals surface area contributed by atoms with Gasteiger partial charge in [0.05, 0.1) is 11.6 Å². The predicted octanol–water partition coefficient (Wildman–Crippen LogP) is 2.21. The third-order valence-corrected chi connectivity index (χ3v) is 1.39. The molecule has 0 fully saturated rings. The Bertz CT molecular complexity index is 195. The van der Waals surface area contributed by atoms with Gasteiger partial charge in [0.1, 0.15) is 12.4 Å². The van der Waals surface area contributed by atoms with E-state index in [2.05, 4.69) is 6.58 Å². The lowest BCUT2D eigenvalue weighted by molar-refractivity contribution is 0.152. The zero-order chi connectivity index (χ0) is 9.40. The number of halogens is 1. The van der Waals surface area contributed by atoms with Crippen molar-refractivity contribution in [3.05, 3.63) is 35.6 Å². The van der Waals surface area contributed by atoms with Gasteiger partial charge in [-0.3, -0.25) is 0 Å². The summed E-state index contributed by atoms with van der Waals surface area (Å²) >= 11 is 5.80. The Hall–Kier alpha value is -0.730. The Balaban J connectivity index is 4.28. The van der Waals surface area contributed by atoms with Crippen LogP contribution < -0.4 is 0 Å². The predicted molar refractivity (Wildman–Crippen MR) is 50.9 cm³/mol. The van der Waals surface area contributed by atoms with Crippen molar-refractivity contribution in [1.82, 2.24) is 0 Å². The van der Waals surface area contributed by atoms with Gasteiger partial charge in [-0.25, -0.2) is 0 Å². The van der Waals surface area contributed by atoms with Crippen molar-refractivity contribution in [3.8, 4) is 0 Å². The van der Waals surface area contributed by atoms with Crippen LogP contribution in [0.1, 0.15) is 6.92 Å². The van der Waals surface area contributed by atoms with Crippen LogP contribution in [0.3, 0.4) is 0 Å². The van der Waals surface area contributed by atoms with Crippen molar-refractivity contribution >= 4 is 11.6 Å². The van der Waals surface area contributed by atoms with Crippen LogP contribution in [0.15, 0.2) is 35.6 Å². The second kappa shape index (κ2) is 6.95. The van der Waals surface area contributed by atoms with Gasteiger partial charge in [0.25, 0.3) is 0 Å². The lowest BCUT2D eigenvalue weighted by atomic mass is 10.4. The van der Waals surface area contributed by atoms with Crippen LogP contribution in [0.5, 0.6) is 0 Å². The summed E-state index contributed by atoms with van der Waals surface area (Å²) in [6.45, 7) is 5.59. The van der Waals surface area contributed by atoms with Crippen molar-refractivity contribution < 1.29 is 9.84 Å². The molecule has 0 rings (SSSR count). The number of ether oxygens (including phenoxy) is 1. The van der Waals surface area contributed by atoms with E-state index in [1.54, 1.807) is 12.2 Å². The molecule has 0 aliphatic heterocycles. The van der Waals surface area contributed by atoms with E-state index < -0.39 is 0 Å². The SMILES string of the molecule is C=C/C(OCCO)=C(Cl)\C=C\C. The minimum atomic E-state index is -0.0304. The van der Waals surface area contributed by atoms with Gasteiger partial charge in [0.15, 0.2) is 0 Å². The zero-order valence-electron chi connectivity index (χ0n) is 7.09. The first-order valence-electron chi connectivity index (χ1n) is 3.64. The Labute approximate surface area is 77.8 Å². The summed E-state index contributed by atoms with van der Waals surface area (Å²) in [7, 11) is 0.